The average Bonchev–Trinajstić information content (AvgIpc) is 3.65. The molecule has 222 valence electrons. The molecular formula is C31H52N2O2S4. The van der Waals surface area contributed by atoms with E-state index < -0.39 is 6.04 Å². The van der Waals surface area contributed by atoms with Crippen LogP contribution >= 0.6 is 47.0 Å². The largest absolute Gasteiger partial charge is 0.354 e. The van der Waals surface area contributed by atoms with Crippen molar-refractivity contribution in [1.29, 1.82) is 0 Å². The molecule has 0 aromatic carbocycles. The van der Waals surface area contributed by atoms with Gasteiger partial charge in [-0.1, -0.05) is 171 Å². The second-order valence-electron chi connectivity index (χ2n) is 10.7. The summed E-state index contributed by atoms with van der Waals surface area (Å²) in [5.74, 6) is -0.117. The van der Waals surface area contributed by atoms with Crippen LogP contribution in [-0.4, -0.2) is 24.4 Å². The summed E-state index contributed by atoms with van der Waals surface area (Å²) in [5, 5.41) is 12.1. The van der Waals surface area contributed by atoms with Gasteiger partial charge in [-0.2, -0.15) is 0 Å². The zero-order valence-electron chi connectivity index (χ0n) is 24.6. The van der Waals surface area contributed by atoms with E-state index in [1.807, 2.05) is 12.3 Å². The number of rotatable bonds is 22. The molecule has 2 heterocycles. The van der Waals surface area contributed by atoms with E-state index >= 15 is 0 Å². The fourth-order valence-corrected chi connectivity index (χ4v) is 9.01. The second kappa shape index (κ2) is 22.2. The number of carbonyl (C=O) groups excluding carboxylic acids is 2. The van der Waals surface area contributed by atoms with Gasteiger partial charge in [0, 0.05) is 6.54 Å². The topological polar surface area (TPSA) is 58.2 Å². The minimum absolute atomic E-state index is 0.0559. The molecule has 2 aliphatic heterocycles. The molecule has 4 nitrogen and oxygen atoms in total. The maximum Gasteiger partial charge on any atom is 0.259 e. The van der Waals surface area contributed by atoms with Crippen LogP contribution in [0.3, 0.4) is 0 Å². The summed E-state index contributed by atoms with van der Waals surface area (Å²) in [6, 6.07) is -0.497. The quantitative estimate of drug-likeness (QED) is 0.119. The highest BCUT2D eigenvalue weighted by atomic mass is 32.2. The molecule has 0 spiro atoms. The molecule has 0 fully saturated rings. The predicted molar refractivity (Wildman–Crippen MR) is 179 cm³/mol. The summed E-state index contributed by atoms with van der Waals surface area (Å²) in [7, 11) is 0. The average molecular weight is 613 g/mol. The van der Waals surface area contributed by atoms with Crippen molar-refractivity contribution in [2.24, 2.45) is 5.92 Å². The second-order valence-corrected chi connectivity index (χ2v) is 15.0. The van der Waals surface area contributed by atoms with Crippen LogP contribution in [0.25, 0.3) is 0 Å². The van der Waals surface area contributed by atoms with Crippen molar-refractivity contribution in [2.45, 2.75) is 136 Å². The van der Waals surface area contributed by atoms with Gasteiger partial charge in [0.05, 0.1) is 13.4 Å². The Morgan fingerprint density at radius 2 is 1.23 bits per heavy atom. The van der Waals surface area contributed by atoms with Gasteiger partial charge in [-0.05, 0) is 28.6 Å². The Labute approximate surface area is 256 Å². The van der Waals surface area contributed by atoms with Crippen LogP contribution in [0.5, 0.6) is 0 Å². The first-order valence-corrected chi connectivity index (χ1v) is 18.9. The van der Waals surface area contributed by atoms with Gasteiger partial charge in [-0.25, -0.2) is 0 Å². The van der Waals surface area contributed by atoms with Crippen LogP contribution in [0.4, 0.5) is 0 Å². The molecule has 2 N–H and O–H groups in total. The molecule has 0 bridgehead atoms. The lowest BCUT2D eigenvalue weighted by Crippen LogP contribution is -2.50. The molecule has 2 atom stereocenters. The number of carbonyl (C=O) groups is 2. The van der Waals surface area contributed by atoms with Gasteiger partial charge in [-0.3, -0.25) is 9.59 Å². The molecule has 0 saturated carbocycles. The number of hydrogen-bond acceptors (Lipinski definition) is 6. The molecule has 2 aliphatic rings. The Hall–Kier alpha value is -0.440. The summed E-state index contributed by atoms with van der Waals surface area (Å²) in [6.07, 6.45) is 22.3. The Kier molecular flexibility index (Phi) is 19.8. The normalized spacial score (nSPS) is 16.4. The van der Waals surface area contributed by atoms with Crippen LogP contribution in [0.1, 0.15) is 130 Å². The summed E-state index contributed by atoms with van der Waals surface area (Å²) >= 11 is 6.50. The van der Waals surface area contributed by atoms with Gasteiger partial charge < -0.3 is 10.6 Å². The maximum absolute atomic E-state index is 12.9. The zero-order chi connectivity index (χ0) is 28.1. The van der Waals surface area contributed by atoms with Crippen LogP contribution in [0.15, 0.2) is 29.6 Å². The van der Waals surface area contributed by atoms with Gasteiger partial charge >= 0.3 is 0 Å². The Bertz CT molecular complexity index is 802. The SMILES string of the molecule is CCCCCCCCCCCCCCCCCCNC(=O)[C@@H](NC(=O)C1=CSC(=C2SC=CS2)S1)[C@@H](C)CC. The number of nitrogens with one attached hydrogen (secondary N) is 2. The first kappa shape index (κ1) is 34.8. The standard InChI is InChI=1S/C31H52N2O2S4/c1-4-6-7-8-9-10-11-12-13-14-15-16-17-18-19-20-21-32-29(35)27(25(3)5-2)33-28(34)26-24-38-31(39-26)30-36-22-23-37-30/h22-25,27H,4-21H2,1-3H3,(H,32,35)(H,33,34)/t25-,27-/m0/s1. The van der Waals surface area contributed by atoms with Gasteiger partial charge in [0.1, 0.15) is 6.04 Å². The molecule has 39 heavy (non-hydrogen) atoms. The van der Waals surface area contributed by atoms with E-state index in [-0.39, 0.29) is 17.7 Å². The van der Waals surface area contributed by atoms with E-state index in [0.29, 0.717) is 11.4 Å². The van der Waals surface area contributed by atoms with E-state index in [9.17, 15) is 9.59 Å². The zero-order valence-corrected chi connectivity index (χ0v) is 27.8. The molecule has 0 unspecified atom stereocenters. The fourth-order valence-electron chi connectivity index (χ4n) is 4.66. The maximum atomic E-state index is 12.9. The van der Waals surface area contributed by atoms with Crippen molar-refractivity contribution in [3.63, 3.8) is 0 Å². The molecule has 0 aliphatic carbocycles. The van der Waals surface area contributed by atoms with Gasteiger partial charge in [0.25, 0.3) is 5.91 Å². The number of thioether (sulfide) groups is 4. The van der Waals surface area contributed by atoms with Crippen molar-refractivity contribution in [3.05, 3.63) is 29.6 Å². The van der Waals surface area contributed by atoms with Crippen molar-refractivity contribution in [3.8, 4) is 0 Å². The Balaban J connectivity index is 1.50. The first-order chi connectivity index (χ1) is 19.1. The Morgan fingerprint density at radius 1 is 0.718 bits per heavy atom. The molecule has 2 rings (SSSR count). The molecule has 0 aromatic rings. The molecule has 8 heteroatoms. The van der Waals surface area contributed by atoms with Crippen molar-refractivity contribution >= 4 is 58.9 Å². The molecular weight excluding hydrogens is 561 g/mol. The van der Waals surface area contributed by atoms with Crippen LogP contribution in [0, 0.1) is 5.92 Å². The van der Waals surface area contributed by atoms with E-state index in [2.05, 4.69) is 35.3 Å². The summed E-state index contributed by atoms with van der Waals surface area (Å²) in [4.78, 5) is 26.6. The Morgan fingerprint density at radius 3 is 1.74 bits per heavy atom. The smallest absolute Gasteiger partial charge is 0.259 e. The fraction of sp³-hybridized carbons (Fsp3) is 0.742. The van der Waals surface area contributed by atoms with Gasteiger partial charge in [0.15, 0.2) is 0 Å². The summed E-state index contributed by atoms with van der Waals surface area (Å²) in [6.45, 7) is 7.07. The minimum atomic E-state index is -0.497. The van der Waals surface area contributed by atoms with E-state index in [4.69, 9.17) is 0 Å². The molecule has 2 amide bonds. The third-order valence-corrected chi connectivity index (χ3v) is 12.4. The van der Waals surface area contributed by atoms with E-state index in [1.54, 1.807) is 35.3 Å². The highest BCUT2D eigenvalue weighted by molar-refractivity contribution is 8.33. The highest BCUT2D eigenvalue weighted by Gasteiger charge is 2.29. The predicted octanol–water partition coefficient (Wildman–Crippen LogP) is 10.3. The first-order valence-electron chi connectivity index (χ1n) is 15.4. The van der Waals surface area contributed by atoms with Crippen LogP contribution in [0.2, 0.25) is 0 Å². The lowest BCUT2D eigenvalue weighted by molar-refractivity contribution is -0.128. The summed E-state index contributed by atoms with van der Waals surface area (Å²) < 4.78 is 2.37. The van der Waals surface area contributed by atoms with Crippen molar-refractivity contribution in [2.75, 3.05) is 6.54 Å². The van der Waals surface area contributed by atoms with E-state index in [1.165, 1.54) is 106 Å². The third-order valence-electron chi connectivity index (χ3n) is 7.38. The number of hydrogen-bond donors (Lipinski definition) is 2. The van der Waals surface area contributed by atoms with Crippen LogP contribution < -0.4 is 10.6 Å². The van der Waals surface area contributed by atoms with Crippen molar-refractivity contribution < 1.29 is 9.59 Å². The number of unbranched alkanes of at least 4 members (excludes halogenated alkanes) is 15. The van der Waals surface area contributed by atoms with Gasteiger partial charge in [-0.15, -0.1) is 0 Å². The number of amides is 2. The monoisotopic (exact) mass is 612 g/mol. The van der Waals surface area contributed by atoms with Crippen LogP contribution in [-0.2, 0) is 9.59 Å². The molecule has 0 saturated heterocycles. The summed E-state index contributed by atoms with van der Waals surface area (Å²) in [5.41, 5.74) is 0. The third kappa shape index (κ3) is 14.8. The van der Waals surface area contributed by atoms with E-state index in [0.717, 1.165) is 23.5 Å². The highest BCUT2D eigenvalue weighted by Crippen LogP contribution is 2.53. The lowest BCUT2D eigenvalue weighted by atomic mass is 9.98. The minimum Gasteiger partial charge on any atom is -0.354 e. The molecule has 0 aromatic heterocycles. The van der Waals surface area contributed by atoms with Gasteiger partial charge in [0.2, 0.25) is 5.91 Å². The van der Waals surface area contributed by atoms with Crippen molar-refractivity contribution in [1.82, 2.24) is 10.6 Å². The molecule has 0 radical (unpaired) electrons. The lowest BCUT2D eigenvalue weighted by Gasteiger charge is -2.23.